The molecule has 0 atom stereocenters. The Labute approximate surface area is 189 Å². The molecule has 32 heavy (non-hydrogen) atoms. The van der Waals surface area contributed by atoms with Crippen molar-refractivity contribution in [1.82, 2.24) is 15.6 Å². The molecule has 174 valence electrons. The molecule has 1 amide bonds. The Hall–Kier alpha value is -2.67. The van der Waals surface area contributed by atoms with E-state index in [1.54, 1.807) is 13.2 Å². The van der Waals surface area contributed by atoms with Crippen molar-refractivity contribution in [3.63, 3.8) is 0 Å². The Balaban J connectivity index is 1.50. The molecule has 0 bridgehead atoms. The number of methoxy groups -OCH3 is 1. The molecule has 1 aliphatic rings. The van der Waals surface area contributed by atoms with E-state index in [4.69, 9.17) is 9.47 Å². The molecule has 2 aromatic rings. The van der Waals surface area contributed by atoms with Crippen molar-refractivity contribution in [2.24, 2.45) is 5.92 Å². The molecule has 0 saturated heterocycles. The first-order valence-corrected chi connectivity index (χ1v) is 11.2. The van der Waals surface area contributed by atoms with Gasteiger partial charge in [0.2, 0.25) is 5.95 Å². The molecule has 1 aromatic heterocycles. The first-order valence-electron chi connectivity index (χ1n) is 11.2. The highest BCUT2D eigenvalue weighted by Gasteiger charge is 2.23. The molecule has 1 fully saturated rings. The SMILES string of the molecule is COc1ccc(-c2ccnc(F)c2)cc1CNC1CCC(CNC(=O)OC(C)(C)C)CC1. The van der Waals surface area contributed by atoms with Crippen molar-refractivity contribution in [3.05, 3.63) is 48.0 Å². The summed E-state index contributed by atoms with van der Waals surface area (Å²) in [7, 11) is 1.66. The Kier molecular flexibility index (Phi) is 8.07. The fraction of sp³-hybridized carbons (Fsp3) is 0.520. The van der Waals surface area contributed by atoms with Crippen LogP contribution >= 0.6 is 0 Å². The molecule has 0 unspecified atom stereocenters. The summed E-state index contributed by atoms with van der Waals surface area (Å²) in [5, 5.41) is 6.53. The van der Waals surface area contributed by atoms with Gasteiger partial charge in [-0.05, 0) is 81.7 Å². The summed E-state index contributed by atoms with van der Waals surface area (Å²) in [6.07, 6.45) is 5.35. The number of carbonyl (C=O) groups excluding carboxylic acids is 1. The molecular formula is C25H34FN3O3. The van der Waals surface area contributed by atoms with E-state index in [1.807, 2.05) is 39.0 Å². The number of benzene rings is 1. The van der Waals surface area contributed by atoms with Crippen LogP contribution in [0.1, 0.15) is 52.0 Å². The van der Waals surface area contributed by atoms with Crippen molar-refractivity contribution >= 4 is 6.09 Å². The third-order valence-corrected chi connectivity index (χ3v) is 5.70. The van der Waals surface area contributed by atoms with Gasteiger partial charge >= 0.3 is 6.09 Å². The van der Waals surface area contributed by atoms with Crippen molar-refractivity contribution in [2.45, 2.75) is 64.6 Å². The highest BCUT2D eigenvalue weighted by Crippen LogP contribution is 2.28. The monoisotopic (exact) mass is 443 g/mol. The molecule has 0 spiro atoms. The zero-order valence-electron chi connectivity index (χ0n) is 19.4. The van der Waals surface area contributed by atoms with Crippen LogP contribution in [-0.4, -0.2) is 36.4 Å². The van der Waals surface area contributed by atoms with E-state index in [-0.39, 0.29) is 6.09 Å². The van der Waals surface area contributed by atoms with Crippen LogP contribution in [0.4, 0.5) is 9.18 Å². The summed E-state index contributed by atoms with van der Waals surface area (Å²) in [4.78, 5) is 15.5. The topological polar surface area (TPSA) is 72.5 Å². The molecule has 6 nitrogen and oxygen atoms in total. The Morgan fingerprint density at radius 2 is 1.84 bits per heavy atom. The van der Waals surface area contributed by atoms with Gasteiger partial charge in [-0.2, -0.15) is 4.39 Å². The first kappa shape index (κ1) is 24.0. The molecule has 2 N–H and O–H groups in total. The van der Waals surface area contributed by atoms with E-state index >= 15 is 0 Å². The maximum Gasteiger partial charge on any atom is 0.407 e. The van der Waals surface area contributed by atoms with Crippen molar-refractivity contribution in [3.8, 4) is 16.9 Å². The summed E-state index contributed by atoms with van der Waals surface area (Å²) < 4.78 is 24.4. The van der Waals surface area contributed by atoms with Gasteiger partial charge in [-0.15, -0.1) is 0 Å². The van der Waals surface area contributed by atoms with Gasteiger partial charge < -0.3 is 20.1 Å². The van der Waals surface area contributed by atoms with Crippen molar-refractivity contribution in [2.75, 3.05) is 13.7 Å². The van der Waals surface area contributed by atoms with Crippen LogP contribution in [-0.2, 0) is 11.3 Å². The minimum Gasteiger partial charge on any atom is -0.496 e. The lowest BCUT2D eigenvalue weighted by atomic mass is 9.86. The van der Waals surface area contributed by atoms with Crippen molar-refractivity contribution in [1.29, 1.82) is 0 Å². The zero-order valence-corrected chi connectivity index (χ0v) is 19.4. The van der Waals surface area contributed by atoms with Gasteiger partial charge in [0, 0.05) is 37.0 Å². The number of amides is 1. The van der Waals surface area contributed by atoms with Crippen molar-refractivity contribution < 1.29 is 18.7 Å². The lowest BCUT2D eigenvalue weighted by molar-refractivity contribution is 0.0514. The largest absolute Gasteiger partial charge is 0.496 e. The number of halogens is 1. The predicted octanol–water partition coefficient (Wildman–Crippen LogP) is 5.07. The van der Waals surface area contributed by atoms with Crippen LogP contribution < -0.4 is 15.4 Å². The number of alkyl carbamates (subject to hydrolysis) is 1. The number of carbonyl (C=O) groups is 1. The minimum absolute atomic E-state index is 0.348. The molecule has 1 heterocycles. The standard InChI is InChI=1S/C25H34FN3O3/c1-25(2,3)32-24(30)29-15-17-5-8-21(9-6-17)28-16-20-13-18(7-10-22(20)31-4)19-11-12-27-23(26)14-19/h7,10-14,17,21,28H,5-6,8-9,15-16H2,1-4H3,(H,29,30). The number of ether oxygens (including phenoxy) is 2. The number of nitrogens with zero attached hydrogens (tertiary/aromatic N) is 1. The third-order valence-electron chi connectivity index (χ3n) is 5.70. The predicted molar refractivity (Wildman–Crippen MR) is 123 cm³/mol. The highest BCUT2D eigenvalue weighted by atomic mass is 19.1. The highest BCUT2D eigenvalue weighted by molar-refractivity contribution is 5.67. The normalized spacial score (nSPS) is 18.8. The van der Waals surface area contributed by atoms with Crippen LogP contribution in [0, 0.1) is 11.9 Å². The van der Waals surface area contributed by atoms with Gasteiger partial charge in [0.05, 0.1) is 7.11 Å². The Morgan fingerprint density at radius 1 is 1.12 bits per heavy atom. The molecule has 0 aliphatic heterocycles. The number of aromatic nitrogens is 1. The lowest BCUT2D eigenvalue weighted by Gasteiger charge is -2.30. The maximum absolute atomic E-state index is 13.5. The molecule has 0 radical (unpaired) electrons. The second-order valence-corrected chi connectivity index (χ2v) is 9.38. The van der Waals surface area contributed by atoms with Gasteiger partial charge in [0.15, 0.2) is 0 Å². The van der Waals surface area contributed by atoms with Crippen LogP contribution in [0.5, 0.6) is 5.75 Å². The summed E-state index contributed by atoms with van der Waals surface area (Å²) >= 11 is 0. The van der Waals surface area contributed by atoms with Crippen LogP contribution in [0.3, 0.4) is 0 Å². The Morgan fingerprint density at radius 3 is 2.50 bits per heavy atom. The molecule has 3 rings (SSSR count). The average Bonchev–Trinajstić information content (AvgIpc) is 2.75. The molecule has 1 saturated carbocycles. The molecular weight excluding hydrogens is 409 g/mol. The summed E-state index contributed by atoms with van der Waals surface area (Å²) in [5.41, 5.74) is 2.28. The lowest BCUT2D eigenvalue weighted by Crippen LogP contribution is -2.38. The molecule has 1 aromatic carbocycles. The molecule has 1 aliphatic carbocycles. The minimum atomic E-state index is -0.490. The fourth-order valence-corrected chi connectivity index (χ4v) is 4.05. The first-order chi connectivity index (χ1) is 15.2. The number of hydrogen-bond acceptors (Lipinski definition) is 5. The summed E-state index contributed by atoms with van der Waals surface area (Å²) in [5.74, 6) is 0.793. The van der Waals surface area contributed by atoms with E-state index < -0.39 is 11.5 Å². The average molecular weight is 444 g/mol. The number of rotatable bonds is 7. The van der Waals surface area contributed by atoms with Crippen LogP contribution in [0.2, 0.25) is 0 Å². The van der Waals surface area contributed by atoms with E-state index in [0.717, 1.165) is 48.1 Å². The number of nitrogens with one attached hydrogen (secondary N) is 2. The van der Waals surface area contributed by atoms with Gasteiger partial charge in [0.1, 0.15) is 11.4 Å². The van der Waals surface area contributed by atoms with E-state index in [0.29, 0.717) is 25.0 Å². The summed E-state index contributed by atoms with van der Waals surface area (Å²) in [6.45, 7) is 6.92. The quantitative estimate of drug-likeness (QED) is 0.585. The maximum atomic E-state index is 13.5. The van der Waals surface area contributed by atoms with E-state index in [9.17, 15) is 9.18 Å². The van der Waals surface area contributed by atoms with Crippen LogP contribution in [0.15, 0.2) is 36.5 Å². The van der Waals surface area contributed by atoms with Gasteiger partial charge in [-0.1, -0.05) is 6.07 Å². The third kappa shape index (κ3) is 7.19. The second kappa shape index (κ2) is 10.8. The van der Waals surface area contributed by atoms with E-state index in [1.165, 1.54) is 12.3 Å². The smallest absolute Gasteiger partial charge is 0.407 e. The van der Waals surface area contributed by atoms with Gasteiger partial charge in [-0.3, -0.25) is 0 Å². The fourth-order valence-electron chi connectivity index (χ4n) is 4.05. The van der Waals surface area contributed by atoms with E-state index in [2.05, 4.69) is 15.6 Å². The zero-order chi connectivity index (χ0) is 23.1. The Bertz CT molecular complexity index is 906. The molecule has 7 heteroatoms. The van der Waals surface area contributed by atoms with Crippen LogP contribution in [0.25, 0.3) is 11.1 Å². The number of pyridine rings is 1. The van der Waals surface area contributed by atoms with Gasteiger partial charge in [0.25, 0.3) is 0 Å². The summed E-state index contributed by atoms with van der Waals surface area (Å²) in [6, 6.07) is 9.54. The number of hydrogen-bond donors (Lipinski definition) is 2. The second-order valence-electron chi connectivity index (χ2n) is 9.38. The van der Waals surface area contributed by atoms with Gasteiger partial charge in [-0.25, -0.2) is 9.78 Å².